The lowest BCUT2D eigenvalue weighted by molar-refractivity contribution is -0.129. The van der Waals surface area contributed by atoms with Crippen LogP contribution in [0.15, 0.2) is 60.7 Å². The number of benzene rings is 2. The van der Waals surface area contributed by atoms with E-state index in [9.17, 15) is 18.4 Å². The zero-order chi connectivity index (χ0) is 27.3. The summed E-state index contributed by atoms with van der Waals surface area (Å²) < 4.78 is 27.0. The number of hydrogen-bond donors (Lipinski definition) is 4. The number of nitrogens with two attached hydrogens (primary N) is 1. The predicted molar refractivity (Wildman–Crippen MR) is 142 cm³/mol. The fourth-order valence-electron chi connectivity index (χ4n) is 5.02. The Morgan fingerprint density at radius 1 is 1.03 bits per heavy atom. The molecular formula is C29H33F2N5O2. The smallest absolute Gasteiger partial charge is 0.242 e. The Morgan fingerprint density at radius 2 is 1.61 bits per heavy atom. The molecular weight excluding hydrogens is 488 g/mol. The minimum absolute atomic E-state index is 0.266. The van der Waals surface area contributed by atoms with E-state index in [1.165, 1.54) is 24.3 Å². The van der Waals surface area contributed by atoms with Crippen molar-refractivity contribution in [1.29, 1.82) is 0 Å². The van der Waals surface area contributed by atoms with Gasteiger partial charge in [0.1, 0.15) is 23.5 Å². The molecule has 1 fully saturated rings. The number of amides is 2. The van der Waals surface area contributed by atoms with Gasteiger partial charge in [-0.15, -0.1) is 0 Å². The van der Waals surface area contributed by atoms with Crippen LogP contribution in [-0.2, 0) is 29.0 Å². The van der Waals surface area contributed by atoms with Gasteiger partial charge in [-0.2, -0.15) is 0 Å². The lowest BCUT2D eigenvalue weighted by atomic mass is 9.75. The molecule has 5 N–H and O–H groups in total. The summed E-state index contributed by atoms with van der Waals surface area (Å²) in [5, 5.41) is 8.96. The lowest BCUT2D eigenvalue weighted by Crippen LogP contribution is -2.50. The van der Waals surface area contributed by atoms with E-state index in [-0.39, 0.29) is 35.4 Å². The van der Waals surface area contributed by atoms with Crippen LogP contribution in [-0.4, -0.2) is 35.4 Å². The minimum atomic E-state index is -0.740. The Kier molecular flexibility index (Phi) is 8.36. The summed E-state index contributed by atoms with van der Waals surface area (Å²) in [5.74, 6) is -0.775. The average Bonchev–Trinajstić information content (AvgIpc) is 3.30. The molecule has 1 aliphatic heterocycles. The molecule has 0 saturated carbocycles. The first kappa shape index (κ1) is 27.2. The number of anilines is 1. The molecule has 1 aliphatic rings. The molecule has 200 valence electrons. The number of halogens is 2. The standard InChI is InChI=1S/C29H33F2N5O2/c1-18-22(7-12-26(32)35-18)16-33-27(37)19(2)36-28(38)25-15-29(17-34-25,13-20-3-8-23(30)9-4-20)14-21-5-10-24(31)11-6-21/h3-12,19,25,34H,13-17H2,1-2H3,(H2,32,35)(H,33,37)(H,36,38)/t19-,25+/m0/s1. The first-order valence-corrected chi connectivity index (χ1v) is 12.6. The molecule has 0 unspecified atom stereocenters. The molecule has 0 bridgehead atoms. The van der Waals surface area contributed by atoms with Crippen molar-refractivity contribution < 1.29 is 18.4 Å². The fraction of sp³-hybridized carbons (Fsp3) is 0.345. The third-order valence-corrected chi connectivity index (χ3v) is 7.08. The molecule has 2 aromatic carbocycles. The Morgan fingerprint density at radius 3 is 2.16 bits per heavy atom. The van der Waals surface area contributed by atoms with E-state index in [0.717, 1.165) is 22.4 Å². The number of nitrogens with zero attached hydrogens (tertiary/aromatic N) is 1. The van der Waals surface area contributed by atoms with Crippen molar-refractivity contribution in [2.24, 2.45) is 5.41 Å². The van der Waals surface area contributed by atoms with Crippen LogP contribution in [0.2, 0.25) is 0 Å². The second kappa shape index (κ2) is 11.7. The van der Waals surface area contributed by atoms with E-state index in [2.05, 4.69) is 20.9 Å². The molecule has 2 amide bonds. The van der Waals surface area contributed by atoms with Crippen LogP contribution < -0.4 is 21.7 Å². The topological polar surface area (TPSA) is 109 Å². The Labute approximate surface area is 221 Å². The van der Waals surface area contributed by atoms with Crippen molar-refractivity contribution in [3.8, 4) is 0 Å². The van der Waals surface area contributed by atoms with Gasteiger partial charge in [0.05, 0.1) is 6.04 Å². The summed E-state index contributed by atoms with van der Waals surface area (Å²) >= 11 is 0. The van der Waals surface area contributed by atoms with Crippen molar-refractivity contribution in [2.75, 3.05) is 12.3 Å². The van der Waals surface area contributed by atoms with Gasteiger partial charge in [0.2, 0.25) is 11.8 Å². The van der Waals surface area contributed by atoms with Gasteiger partial charge in [-0.3, -0.25) is 9.59 Å². The summed E-state index contributed by atoms with van der Waals surface area (Å²) in [6.45, 7) is 4.28. The van der Waals surface area contributed by atoms with Gasteiger partial charge in [0.15, 0.2) is 0 Å². The molecule has 0 radical (unpaired) electrons. The number of carbonyl (C=O) groups excluding carboxylic acids is 2. The lowest BCUT2D eigenvalue weighted by Gasteiger charge is -2.29. The Balaban J connectivity index is 1.39. The quantitative estimate of drug-likeness (QED) is 0.346. The second-order valence-electron chi connectivity index (χ2n) is 10.2. The summed E-state index contributed by atoms with van der Waals surface area (Å²) in [5.41, 5.74) is 8.82. The van der Waals surface area contributed by atoms with Gasteiger partial charge in [0, 0.05) is 18.8 Å². The molecule has 7 nitrogen and oxygen atoms in total. The highest BCUT2D eigenvalue weighted by molar-refractivity contribution is 5.89. The molecule has 2 heterocycles. The van der Waals surface area contributed by atoms with Crippen molar-refractivity contribution in [3.05, 3.63) is 94.7 Å². The van der Waals surface area contributed by atoms with E-state index in [0.29, 0.717) is 31.6 Å². The highest BCUT2D eigenvalue weighted by atomic mass is 19.1. The molecule has 3 aromatic rings. The normalized spacial score (nSPS) is 17.1. The average molecular weight is 522 g/mol. The van der Waals surface area contributed by atoms with E-state index < -0.39 is 12.1 Å². The number of aryl methyl sites for hydroxylation is 1. The number of nitrogen functional groups attached to an aromatic ring is 1. The number of nitrogens with one attached hydrogen (secondary N) is 3. The molecule has 2 atom stereocenters. The molecule has 1 aromatic heterocycles. The van der Waals surface area contributed by atoms with Gasteiger partial charge >= 0.3 is 0 Å². The van der Waals surface area contributed by atoms with Gasteiger partial charge in [-0.05, 0) is 85.5 Å². The second-order valence-corrected chi connectivity index (χ2v) is 10.2. The van der Waals surface area contributed by atoms with Crippen LogP contribution in [0.1, 0.15) is 35.7 Å². The molecule has 0 spiro atoms. The van der Waals surface area contributed by atoms with Crippen LogP contribution in [0.4, 0.5) is 14.6 Å². The largest absolute Gasteiger partial charge is 0.384 e. The number of aromatic nitrogens is 1. The van der Waals surface area contributed by atoms with E-state index >= 15 is 0 Å². The summed E-state index contributed by atoms with van der Waals surface area (Å²) in [7, 11) is 0. The van der Waals surface area contributed by atoms with Crippen molar-refractivity contribution >= 4 is 17.6 Å². The summed E-state index contributed by atoms with van der Waals surface area (Å²) in [6.07, 6.45) is 1.75. The molecule has 9 heteroatoms. The SMILES string of the molecule is Cc1nc(N)ccc1CNC(=O)[C@H](C)NC(=O)[C@H]1CC(Cc2ccc(F)cc2)(Cc2ccc(F)cc2)CN1. The predicted octanol–water partition coefficient (Wildman–Crippen LogP) is 3.21. The molecule has 0 aliphatic carbocycles. The zero-order valence-electron chi connectivity index (χ0n) is 21.6. The maximum Gasteiger partial charge on any atom is 0.242 e. The number of rotatable bonds is 9. The first-order chi connectivity index (χ1) is 18.1. The van der Waals surface area contributed by atoms with Crippen molar-refractivity contribution in [2.45, 2.75) is 51.7 Å². The van der Waals surface area contributed by atoms with E-state index in [1.54, 1.807) is 37.3 Å². The number of carbonyl (C=O) groups is 2. The number of pyridine rings is 1. The van der Waals surface area contributed by atoms with Gasteiger partial charge in [-0.1, -0.05) is 30.3 Å². The van der Waals surface area contributed by atoms with Crippen LogP contribution in [0.3, 0.4) is 0 Å². The van der Waals surface area contributed by atoms with E-state index in [1.807, 2.05) is 13.0 Å². The fourth-order valence-corrected chi connectivity index (χ4v) is 5.02. The first-order valence-electron chi connectivity index (χ1n) is 12.6. The summed E-state index contributed by atoms with van der Waals surface area (Å²) in [6, 6.07) is 14.9. The van der Waals surface area contributed by atoms with Crippen LogP contribution in [0.25, 0.3) is 0 Å². The maximum absolute atomic E-state index is 13.5. The highest BCUT2D eigenvalue weighted by Crippen LogP contribution is 2.37. The molecule has 1 saturated heterocycles. The van der Waals surface area contributed by atoms with Crippen molar-refractivity contribution in [1.82, 2.24) is 20.9 Å². The van der Waals surface area contributed by atoms with Crippen LogP contribution >= 0.6 is 0 Å². The van der Waals surface area contributed by atoms with Crippen LogP contribution in [0.5, 0.6) is 0 Å². The highest BCUT2D eigenvalue weighted by Gasteiger charge is 2.42. The number of hydrogen-bond acceptors (Lipinski definition) is 5. The Hall–Kier alpha value is -3.85. The van der Waals surface area contributed by atoms with Crippen LogP contribution in [0, 0.1) is 24.0 Å². The van der Waals surface area contributed by atoms with Gasteiger partial charge in [0.25, 0.3) is 0 Å². The van der Waals surface area contributed by atoms with Gasteiger partial charge < -0.3 is 21.7 Å². The maximum atomic E-state index is 13.5. The molecule has 38 heavy (non-hydrogen) atoms. The third kappa shape index (κ3) is 6.92. The minimum Gasteiger partial charge on any atom is -0.384 e. The van der Waals surface area contributed by atoms with Crippen molar-refractivity contribution in [3.63, 3.8) is 0 Å². The van der Waals surface area contributed by atoms with E-state index in [4.69, 9.17) is 5.73 Å². The molecule has 4 rings (SSSR count). The van der Waals surface area contributed by atoms with Gasteiger partial charge in [-0.25, -0.2) is 13.8 Å². The third-order valence-electron chi connectivity index (χ3n) is 7.08. The zero-order valence-corrected chi connectivity index (χ0v) is 21.6. The monoisotopic (exact) mass is 521 g/mol. The summed E-state index contributed by atoms with van der Waals surface area (Å²) in [4.78, 5) is 30.0. The Bertz CT molecular complexity index is 1230.